The van der Waals surface area contributed by atoms with Crippen molar-refractivity contribution in [2.45, 2.75) is 6.18 Å². The third-order valence-electron chi connectivity index (χ3n) is 3.78. The van der Waals surface area contributed by atoms with Gasteiger partial charge in [-0.3, -0.25) is 4.98 Å². The molecular weight excluding hydrogens is 343 g/mol. The lowest BCUT2D eigenvalue weighted by Gasteiger charge is -2.09. The van der Waals surface area contributed by atoms with Gasteiger partial charge in [0.25, 0.3) is 0 Å². The monoisotopic (exact) mass is 355 g/mol. The van der Waals surface area contributed by atoms with Gasteiger partial charge in [-0.2, -0.15) is 18.2 Å². The van der Waals surface area contributed by atoms with Gasteiger partial charge in [0.2, 0.25) is 5.95 Å². The summed E-state index contributed by atoms with van der Waals surface area (Å²) < 4.78 is 40.5. The van der Waals surface area contributed by atoms with Gasteiger partial charge in [-0.05, 0) is 36.4 Å². The number of benzene rings is 1. The van der Waals surface area contributed by atoms with Crippen LogP contribution < -0.4 is 5.32 Å². The van der Waals surface area contributed by atoms with Crippen LogP contribution in [-0.2, 0) is 6.18 Å². The molecule has 3 heterocycles. The molecular formula is C18H12F3N5. The number of alkyl halides is 3. The van der Waals surface area contributed by atoms with Crippen molar-refractivity contribution in [3.8, 4) is 11.3 Å². The minimum Gasteiger partial charge on any atom is -0.323 e. The van der Waals surface area contributed by atoms with Crippen LogP contribution >= 0.6 is 0 Å². The second kappa shape index (κ2) is 6.14. The van der Waals surface area contributed by atoms with Crippen LogP contribution in [0, 0.1) is 0 Å². The van der Waals surface area contributed by atoms with Crippen molar-refractivity contribution < 1.29 is 13.2 Å². The molecule has 0 saturated carbocycles. The van der Waals surface area contributed by atoms with Crippen LogP contribution in [-0.4, -0.2) is 19.6 Å². The molecule has 1 N–H and O–H groups in total. The number of nitrogens with zero attached hydrogens (tertiary/aromatic N) is 4. The van der Waals surface area contributed by atoms with Gasteiger partial charge in [0, 0.05) is 23.6 Å². The van der Waals surface area contributed by atoms with E-state index in [1.165, 1.54) is 10.6 Å². The molecule has 0 unspecified atom stereocenters. The van der Waals surface area contributed by atoms with E-state index < -0.39 is 11.7 Å². The Morgan fingerprint density at radius 1 is 0.923 bits per heavy atom. The summed E-state index contributed by atoms with van der Waals surface area (Å²) in [5, 5.41) is 7.41. The first-order valence-electron chi connectivity index (χ1n) is 7.71. The first kappa shape index (κ1) is 16.1. The van der Waals surface area contributed by atoms with E-state index in [0.29, 0.717) is 22.9 Å². The van der Waals surface area contributed by atoms with Crippen LogP contribution in [0.1, 0.15) is 5.56 Å². The predicted molar refractivity (Wildman–Crippen MR) is 90.9 cm³/mol. The van der Waals surface area contributed by atoms with Gasteiger partial charge in [0.1, 0.15) is 0 Å². The van der Waals surface area contributed by atoms with Gasteiger partial charge in [-0.1, -0.05) is 18.2 Å². The molecule has 0 aliphatic heterocycles. The number of hydrogen-bond acceptors (Lipinski definition) is 4. The topological polar surface area (TPSA) is 55.1 Å². The summed E-state index contributed by atoms with van der Waals surface area (Å²) in [6.07, 6.45) is -1.14. The molecule has 0 aliphatic rings. The highest BCUT2D eigenvalue weighted by atomic mass is 19.4. The average Bonchev–Trinajstić information content (AvgIpc) is 3.04. The van der Waals surface area contributed by atoms with Crippen LogP contribution in [0.5, 0.6) is 0 Å². The second-order valence-corrected chi connectivity index (χ2v) is 5.56. The minimum absolute atomic E-state index is 0.343. The summed E-state index contributed by atoms with van der Waals surface area (Å²) in [4.78, 5) is 8.30. The lowest BCUT2D eigenvalue weighted by Crippen LogP contribution is -2.05. The largest absolute Gasteiger partial charge is 0.416 e. The molecule has 26 heavy (non-hydrogen) atoms. The van der Waals surface area contributed by atoms with Gasteiger partial charge in [-0.25, -0.2) is 4.52 Å². The van der Waals surface area contributed by atoms with Crippen LogP contribution in [0.3, 0.4) is 0 Å². The molecule has 0 bridgehead atoms. The number of halogens is 3. The molecule has 0 saturated heterocycles. The van der Waals surface area contributed by atoms with Crippen molar-refractivity contribution in [2.75, 3.05) is 5.32 Å². The van der Waals surface area contributed by atoms with Gasteiger partial charge in [-0.15, -0.1) is 5.10 Å². The molecule has 1 aromatic carbocycles. The van der Waals surface area contributed by atoms with E-state index in [9.17, 15) is 13.2 Å². The van der Waals surface area contributed by atoms with Crippen molar-refractivity contribution >= 4 is 17.3 Å². The summed E-state index contributed by atoms with van der Waals surface area (Å²) in [7, 11) is 0. The van der Waals surface area contributed by atoms with Gasteiger partial charge in [0.05, 0.1) is 11.3 Å². The highest BCUT2D eigenvalue weighted by Gasteiger charge is 2.30. The molecule has 3 aromatic heterocycles. The molecule has 0 spiro atoms. The zero-order chi connectivity index (χ0) is 18.1. The third kappa shape index (κ3) is 3.08. The van der Waals surface area contributed by atoms with E-state index in [0.717, 1.165) is 17.8 Å². The fourth-order valence-corrected chi connectivity index (χ4v) is 2.60. The van der Waals surface area contributed by atoms with Crippen LogP contribution in [0.25, 0.3) is 16.9 Å². The molecule has 8 heteroatoms. The summed E-state index contributed by atoms with van der Waals surface area (Å²) in [5.41, 5.74) is 1.50. The number of nitrogens with one attached hydrogen (secondary N) is 1. The zero-order valence-electron chi connectivity index (χ0n) is 13.3. The first-order chi connectivity index (χ1) is 12.5. The maximum Gasteiger partial charge on any atom is 0.416 e. The van der Waals surface area contributed by atoms with E-state index in [1.807, 2.05) is 0 Å². The van der Waals surface area contributed by atoms with E-state index in [2.05, 4.69) is 20.4 Å². The Morgan fingerprint density at radius 3 is 2.46 bits per heavy atom. The highest BCUT2D eigenvalue weighted by Crippen LogP contribution is 2.32. The number of rotatable bonds is 3. The summed E-state index contributed by atoms with van der Waals surface area (Å²) >= 11 is 0. The molecule has 5 nitrogen and oxygen atoms in total. The van der Waals surface area contributed by atoms with Crippen molar-refractivity contribution in [3.63, 3.8) is 0 Å². The number of pyridine rings is 2. The lowest BCUT2D eigenvalue weighted by molar-refractivity contribution is -0.137. The normalized spacial score (nSPS) is 11.7. The molecule has 0 aliphatic carbocycles. The van der Waals surface area contributed by atoms with Crippen LogP contribution in [0.15, 0.2) is 67.0 Å². The Hall–Kier alpha value is -3.42. The number of fused-ring (bicyclic) bond motifs is 1. The van der Waals surface area contributed by atoms with Crippen LogP contribution in [0.4, 0.5) is 24.8 Å². The number of hydrogen-bond donors (Lipinski definition) is 1. The van der Waals surface area contributed by atoms with E-state index in [4.69, 9.17) is 0 Å². The van der Waals surface area contributed by atoms with E-state index in [1.54, 1.807) is 48.8 Å². The Balaban J connectivity index is 1.77. The standard InChI is InChI=1S/C18H12F3N5/c19-18(20,21)13-4-1-3-12(11-13)15-5-2-6-16-24-17(25-26(15)16)23-14-7-9-22-10-8-14/h1-11H,(H,22,23,25). The minimum atomic E-state index is -4.40. The Morgan fingerprint density at radius 2 is 1.69 bits per heavy atom. The molecule has 0 fully saturated rings. The first-order valence-corrected chi connectivity index (χ1v) is 7.71. The average molecular weight is 355 g/mol. The van der Waals surface area contributed by atoms with Crippen molar-refractivity contribution in [2.24, 2.45) is 0 Å². The third-order valence-corrected chi connectivity index (χ3v) is 3.78. The maximum absolute atomic E-state index is 13.0. The van der Waals surface area contributed by atoms with E-state index >= 15 is 0 Å². The highest BCUT2D eigenvalue weighted by molar-refractivity contribution is 5.65. The van der Waals surface area contributed by atoms with E-state index in [-0.39, 0.29) is 0 Å². The Labute approximate surface area is 146 Å². The summed E-state index contributed by atoms with van der Waals surface area (Å²) in [5.74, 6) is 0.343. The maximum atomic E-state index is 13.0. The second-order valence-electron chi connectivity index (χ2n) is 5.56. The predicted octanol–water partition coefficient (Wildman–Crippen LogP) is 4.55. The van der Waals surface area contributed by atoms with Crippen molar-refractivity contribution in [1.29, 1.82) is 0 Å². The Kier molecular flexibility index (Phi) is 3.80. The molecule has 4 rings (SSSR count). The molecule has 0 amide bonds. The van der Waals surface area contributed by atoms with Crippen molar-refractivity contribution in [1.82, 2.24) is 19.6 Å². The fraction of sp³-hybridized carbons (Fsp3) is 0.0556. The summed E-state index contributed by atoms with van der Waals surface area (Å²) in [6, 6.07) is 13.8. The van der Waals surface area contributed by atoms with Gasteiger partial charge in [0.15, 0.2) is 5.65 Å². The molecule has 0 radical (unpaired) electrons. The zero-order valence-corrected chi connectivity index (χ0v) is 13.3. The van der Waals surface area contributed by atoms with Crippen LogP contribution in [0.2, 0.25) is 0 Å². The lowest BCUT2D eigenvalue weighted by atomic mass is 10.1. The van der Waals surface area contributed by atoms with Gasteiger partial charge < -0.3 is 5.32 Å². The molecule has 0 atom stereocenters. The Bertz CT molecular complexity index is 1060. The smallest absolute Gasteiger partial charge is 0.323 e. The number of aromatic nitrogens is 4. The SMILES string of the molecule is FC(F)(F)c1cccc(-c2cccc3nc(Nc4ccncc4)nn23)c1. The molecule has 4 aromatic rings. The van der Waals surface area contributed by atoms with Crippen molar-refractivity contribution in [3.05, 3.63) is 72.6 Å². The van der Waals surface area contributed by atoms with Gasteiger partial charge >= 0.3 is 6.18 Å². The fourth-order valence-electron chi connectivity index (χ4n) is 2.60. The quantitative estimate of drug-likeness (QED) is 0.586. The number of anilines is 2. The summed E-state index contributed by atoms with van der Waals surface area (Å²) in [6.45, 7) is 0. The molecule has 130 valence electrons.